The zero-order valence-electron chi connectivity index (χ0n) is 13.8. The molecule has 0 aromatic rings. The highest BCUT2D eigenvalue weighted by Crippen LogP contribution is 2.09. The Hall–Kier alpha value is -0.570. The molecule has 7 heteroatoms. The fourth-order valence-corrected chi connectivity index (χ4v) is 2.14. The van der Waals surface area contributed by atoms with Gasteiger partial charge < -0.3 is 20.9 Å². The highest BCUT2D eigenvalue weighted by molar-refractivity contribution is 14.0. The fraction of sp³-hybridized carbons (Fsp3) is 0.857. The van der Waals surface area contributed by atoms with Crippen LogP contribution >= 0.6 is 24.0 Å². The molecule has 3 N–H and O–H groups in total. The maximum Gasteiger partial charge on any atom is 0.222 e. The van der Waals surface area contributed by atoms with Gasteiger partial charge in [-0.15, -0.1) is 24.0 Å². The molecule has 21 heavy (non-hydrogen) atoms. The van der Waals surface area contributed by atoms with Crippen LogP contribution in [0.4, 0.5) is 0 Å². The van der Waals surface area contributed by atoms with Gasteiger partial charge in [0.2, 0.25) is 5.91 Å². The molecule has 1 fully saturated rings. The van der Waals surface area contributed by atoms with Gasteiger partial charge in [0.25, 0.3) is 0 Å². The third-order valence-electron chi connectivity index (χ3n) is 3.26. The largest absolute Gasteiger partial charge is 0.355 e. The van der Waals surface area contributed by atoms with Crippen molar-refractivity contribution in [1.82, 2.24) is 20.9 Å². The number of rotatable bonds is 4. The van der Waals surface area contributed by atoms with Crippen molar-refractivity contribution in [2.45, 2.75) is 45.2 Å². The molecule has 0 radical (unpaired) electrons. The van der Waals surface area contributed by atoms with Crippen LogP contribution in [0, 0.1) is 0 Å². The molecule has 1 aliphatic heterocycles. The summed E-state index contributed by atoms with van der Waals surface area (Å²) >= 11 is 0. The highest BCUT2D eigenvalue weighted by atomic mass is 127. The molecule has 1 saturated heterocycles. The second-order valence-electron chi connectivity index (χ2n) is 6.33. The van der Waals surface area contributed by atoms with E-state index in [1.807, 2.05) is 7.05 Å². The van der Waals surface area contributed by atoms with Crippen LogP contribution in [-0.4, -0.2) is 62.1 Å². The van der Waals surface area contributed by atoms with Crippen LogP contribution in [0.15, 0.2) is 4.99 Å². The van der Waals surface area contributed by atoms with Crippen molar-refractivity contribution < 1.29 is 4.79 Å². The highest BCUT2D eigenvalue weighted by Gasteiger charge is 2.23. The van der Waals surface area contributed by atoms with E-state index in [2.05, 4.69) is 41.7 Å². The lowest BCUT2D eigenvalue weighted by molar-refractivity contribution is -0.132. The molecule has 1 atom stereocenters. The smallest absolute Gasteiger partial charge is 0.222 e. The number of hydrogen-bond donors (Lipinski definition) is 3. The molecule has 0 aromatic heterocycles. The Morgan fingerprint density at radius 3 is 2.57 bits per heavy atom. The minimum atomic E-state index is 0. The number of likely N-dealkylation sites (tertiary alicyclic amines) is 1. The number of nitrogens with one attached hydrogen (secondary N) is 3. The van der Waals surface area contributed by atoms with Crippen molar-refractivity contribution >= 4 is 35.8 Å². The normalized spacial score (nSPS) is 20.0. The van der Waals surface area contributed by atoms with E-state index in [-0.39, 0.29) is 41.5 Å². The summed E-state index contributed by atoms with van der Waals surface area (Å²) in [6.45, 7) is 8.88. The lowest BCUT2D eigenvalue weighted by atomic mass is 10.1. The third kappa shape index (κ3) is 8.45. The predicted octanol–water partition coefficient (Wildman–Crippen LogP) is 0.778. The van der Waals surface area contributed by atoms with Gasteiger partial charge in [0, 0.05) is 51.7 Å². The third-order valence-corrected chi connectivity index (χ3v) is 3.26. The number of guanidine groups is 1. The van der Waals surface area contributed by atoms with Crippen LogP contribution in [0.1, 0.15) is 33.6 Å². The zero-order valence-corrected chi connectivity index (χ0v) is 16.2. The van der Waals surface area contributed by atoms with Gasteiger partial charge in [0.15, 0.2) is 5.96 Å². The summed E-state index contributed by atoms with van der Waals surface area (Å²) in [7, 11) is 3.61. The molecule has 124 valence electrons. The lowest BCUT2D eigenvalue weighted by Crippen LogP contribution is -2.52. The maximum absolute atomic E-state index is 11.4. The van der Waals surface area contributed by atoms with Gasteiger partial charge in [-0.3, -0.25) is 9.79 Å². The van der Waals surface area contributed by atoms with Crippen molar-refractivity contribution in [3.05, 3.63) is 0 Å². The van der Waals surface area contributed by atoms with Gasteiger partial charge >= 0.3 is 0 Å². The van der Waals surface area contributed by atoms with Crippen LogP contribution in [-0.2, 0) is 4.79 Å². The molecule has 1 heterocycles. The standard InChI is InChI=1S/C14H29N5O.HI/c1-14(2,3)17-9-8-16-13(15-4)18-11-6-7-12(20)19(5)10-11;/h11,17H,6-10H2,1-5H3,(H2,15,16,18);1H. The summed E-state index contributed by atoms with van der Waals surface area (Å²) in [6, 6.07) is 0.277. The number of carbonyl (C=O) groups excluding carboxylic acids is 1. The first-order chi connectivity index (χ1) is 9.31. The van der Waals surface area contributed by atoms with E-state index in [0.29, 0.717) is 6.42 Å². The molecule has 0 saturated carbocycles. The Bertz CT molecular complexity index is 354. The van der Waals surface area contributed by atoms with E-state index in [4.69, 9.17) is 0 Å². The van der Waals surface area contributed by atoms with Crippen LogP contribution in [0.25, 0.3) is 0 Å². The molecular formula is C14H30IN5O. The molecule has 0 aromatic carbocycles. The Morgan fingerprint density at radius 2 is 2.05 bits per heavy atom. The quantitative estimate of drug-likeness (QED) is 0.277. The number of piperidine rings is 1. The van der Waals surface area contributed by atoms with Crippen molar-refractivity contribution in [3.63, 3.8) is 0 Å². The Labute approximate surface area is 145 Å². The summed E-state index contributed by atoms with van der Waals surface area (Å²) in [4.78, 5) is 17.4. The van der Waals surface area contributed by atoms with Gasteiger partial charge in [-0.2, -0.15) is 0 Å². The van der Waals surface area contributed by atoms with E-state index in [1.165, 1.54) is 0 Å². The topological polar surface area (TPSA) is 68.8 Å². The number of hydrogen-bond acceptors (Lipinski definition) is 3. The number of likely N-dealkylation sites (N-methyl/N-ethyl adjacent to an activating group) is 1. The summed E-state index contributed by atoms with van der Waals surface area (Å²) < 4.78 is 0. The molecule has 1 rings (SSSR count). The number of aliphatic imine (C=N–C) groups is 1. The average Bonchev–Trinajstić information content (AvgIpc) is 2.36. The predicted molar refractivity (Wildman–Crippen MR) is 98.3 cm³/mol. The summed E-state index contributed by atoms with van der Waals surface area (Å²) in [5.74, 6) is 1.02. The first-order valence-corrected chi connectivity index (χ1v) is 7.28. The molecule has 1 unspecified atom stereocenters. The van der Waals surface area contributed by atoms with E-state index in [9.17, 15) is 4.79 Å². The van der Waals surface area contributed by atoms with Crippen LogP contribution in [0.3, 0.4) is 0 Å². The molecule has 1 amide bonds. The van der Waals surface area contributed by atoms with Crippen molar-refractivity contribution in [1.29, 1.82) is 0 Å². The van der Waals surface area contributed by atoms with E-state index < -0.39 is 0 Å². The second kappa shape index (κ2) is 9.45. The van der Waals surface area contributed by atoms with Crippen LogP contribution < -0.4 is 16.0 Å². The van der Waals surface area contributed by atoms with Gasteiger partial charge in [-0.1, -0.05) is 0 Å². The Kier molecular flexibility index (Phi) is 9.19. The van der Waals surface area contributed by atoms with Gasteiger partial charge in [-0.25, -0.2) is 0 Å². The molecule has 6 nitrogen and oxygen atoms in total. The van der Waals surface area contributed by atoms with Crippen molar-refractivity contribution in [2.75, 3.05) is 33.7 Å². The summed E-state index contributed by atoms with van der Waals surface area (Å²) in [6.07, 6.45) is 1.47. The summed E-state index contributed by atoms with van der Waals surface area (Å²) in [5, 5.41) is 10.1. The minimum Gasteiger partial charge on any atom is -0.355 e. The molecule has 0 spiro atoms. The number of amides is 1. The Morgan fingerprint density at radius 1 is 1.38 bits per heavy atom. The summed E-state index contributed by atoms with van der Waals surface area (Å²) in [5.41, 5.74) is 0.130. The van der Waals surface area contributed by atoms with Gasteiger partial charge in [0.1, 0.15) is 0 Å². The van der Waals surface area contributed by atoms with Gasteiger partial charge in [0.05, 0.1) is 0 Å². The number of halogens is 1. The first-order valence-electron chi connectivity index (χ1n) is 7.28. The second-order valence-corrected chi connectivity index (χ2v) is 6.33. The van der Waals surface area contributed by atoms with E-state index in [1.54, 1.807) is 11.9 Å². The zero-order chi connectivity index (χ0) is 15.2. The average molecular weight is 411 g/mol. The molecular weight excluding hydrogens is 381 g/mol. The SMILES string of the molecule is CN=C(NCCNC(C)(C)C)NC1CCC(=O)N(C)C1.I. The maximum atomic E-state index is 11.4. The van der Waals surface area contributed by atoms with Gasteiger partial charge in [-0.05, 0) is 27.2 Å². The van der Waals surface area contributed by atoms with E-state index in [0.717, 1.165) is 32.0 Å². The van der Waals surface area contributed by atoms with Crippen molar-refractivity contribution in [2.24, 2.45) is 4.99 Å². The minimum absolute atomic E-state index is 0. The number of nitrogens with zero attached hydrogens (tertiary/aromatic N) is 2. The fourth-order valence-electron chi connectivity index (χ4n) is 2.14. The number of carbonyl (C=O) groups is 1. The van der Waals surface area contributed by atoms with Crippen LogP contribution in [0.2, 0.25) is 0 Å². The lowest BCUT2D eigenvalue weighted by Gasteiger charge is -2.31. The first kappa shape index (κ1) is 20.4. The monoisotopic (exact) mass is 411 g/mol. The Balaban J connectivity index is 0.00000400. The van der Waals surface area contributed by atoms with Crippen LogP contribution in [0.5, 0.6) is 0 Å². The molecule has 1 aliphatic rings. The van der Waals surface area contributed by atoms with E-state index >= 15 is 0 Å². The molecule has 0 bridgehead atoms. The van der Waals surface area contributed by atoms with Crippen molar-refractivity contribution in [3.8, 4) is 0 Å². The molecule has 0 aliphatic carbocycles.